The molecule has 3 aliphatic heterocycles. The molecule has 0 spiro atoms. The average molecular weight is 952 g/mol. The van der Waals surface area contributed by atoms with Crippen LogP contribution in [0.15, 0.2) is 85.1 Å². The number of cyclic esters (lactones) is 1. The fourth-order valence-corrected chi connectivity index (χ4v) is 8.19. The van der Waals surface area contributed by atoms with Crippen molar-refractivity contribution in [3.63, 3.8) is 0 Å². The third kappa shape index (κ3) is 19.5. The molecule has 3 heterocycles. The second kappa shape index (κ2) is 28.9. The topological polar surface area (TPSA) is 309 Å². The van der Waals surface area contributed by atoms with Crippen molar-refractivity contribution < 1.29 is 84.3 Å². The number of aliphatic hydroxyl groups excluding tert-OH is 9. The van der Waals surface area contributed by atoms with Gasteiger partial charge in [-0.3, -0.25) is 9.59 Å². The molecule has 2 fully saturated rings. The lowest BCUT2D eigenvalue weighted by atomic mass is 9.82. The SMILES string of the molecule is CCOC(=O)[C@H]1C2C[C@@H](OC3O[C@H](C)[C@@H](O)[C@H](N)[C@H]3O)/C=C/C=C/C=C/C=C/C=C/C=C/C=C/[C@H](C)[C@@H](O)[C@@H](C)[C@H](C)OC(=O)C[C@H](O)C[C@H](O)CC[C@@H](O)[C@H](O)C[C@H](O)C[C@](O)(C[C@@H]1O)O2. The number of fused-ring (bicyclic) bond motifs is 2. The van der Waals surface area contributed by atoms with E-state index in [9.17, 15) is 60.7 Å². The van der Waals surface area contributed by atoms with Gasteiger partial charge in [-0.25, -0.2) is 0 Å². The minimum Gasteiger partial charge on any atom is -0.466 e. The summed E-state index contributed by atoms with van der Waals surface area (Å²) in [5, 5.41) is 109. The zero-order chi connectivity index (χ0) is 49.8. The summed E-state index contributed by atoms with van der Waals surface area (Å²) in [6, 6.07) is -1.13. The number of carbonyl (C=O) groups is 2. The Kier molecular flexibility index (Phi) is 25.0. The number of nitrogens with two attached hydrogens (primary N) is 1. The normalized spacial score (nSPS) is 44.4. The summed E-state index contributed by atoms with van der Waals surface area (Å²) in [5.41, 5.74) is 6.07. The van der Waals surface area contributed by atoms with Crippen molar-refractivity contribution in [2.45, 2.75) is 183 Å². The molecule has 0 saturated carbocycles. The molecule has 380 valence electrons. The summed E-state index contributed by atoms with van der Waals surface area (Å²) in [6.07, 6.45) is 4.56. The van der Waals surface area contributed by atoms with E-state index in [2.05, 4.69) is 0 Å². The van der Waals surface area contributed by atoms with Crippen molar-refractivity contribution >= 4 is 11.9 Å². The largest absolute Gasteiger partial charge is 0.466 e. The lowest BCUT2D eigenvalue weighted by molar-refractivity contribution is -0.309. The van der Waals surface area contributed by atoms with Crippen LogP contribution in [0.2, 0.25) is 0 Å². The van der Waals surface area contributed by atoms with E-state index < -0.39 is 147 Å². The highest BCUT2D eigenvalue weighted by atomic mass is 16.7. The highest BCUT2D eigenvalue weighted by Gasteiger charge is 2.51. The van der Waals surface area contributed by atoms with Gasteiger partial charge in [0.2, 0.25) is 0 Å². The Morgan fingerprint density at radius 1 is 0.687 bits per heavy atom. The van der Waals surface area contributed by atoms with Crippen molar-refractivity contribution in [3.8, 4) is 0 Å². The zero-order valence-electron chi connectivity index (χ0n) is 39.2. The van der Waals surface area contributed by atoms with Gasteiger partial charge in [0.25, 0.3) is 0 Å². The molecule has 18 nitrogen and oxygen atoms in total. The lowest BCUT2D eigenvalue weighted by Gasteiger charge is -2.45. The Bertz CT molecular complexity index is 1700. The smallest absolute Gasteiger partial charge is 0.314 e. The third-order valence-corrected chi connectivity index (χ3v) is 12.3. The molecule has 0 aromatic carbocycles. The fourth-order valence-electron chi connectivity index (χ4n) is 8.19. The van der Waals surface area contributed by atoms with Crippen molar-refractivity contribution in [2.75, 3.05) is 6.61 Å². The van der Waals surface area contributed by atoms with E-state index >= 15 is 0 Å². The minimum atomic E-state index is -2.27. The van der Waals surface area contributed by atoms with Crippen molar-refractivity contribution in [2.24, 2.45) is 23.5 Å². The molecule has 18 heteroatoms. The van der Waals surface area contributed by atoms with Crippen LogP contribution in [0.4, 0.5) is 0 Å². The van der Waals surface area contributed by atoms with E-state index in [1.54, 1.807) is 82.4 Å². The van der Waals surface area contributed by atoms with Crippen LogP contribution in [0, 0.1) is 17.8 Å². The molecular formula is C49H77NO17. The van der Waals surface area contributed by atoms with Crippen LogP contribution >= 0.6 is 0 Å². The number of carbonyl (C=O) groups excluding carboxylic acids is 2. The highest BCUT2D eigenvalue weighted by Crippen LogP contribution is 2.38. The van der Waals surface area contributed by atoms with Crippen molar-refractivity contribution in [1.29, 1.82) is 0 Å². The molecule has 0 aliphatic carbocycles. The molecule has 2 saturated heterocycles. The monoisotopic (exact) mass is 952 g/mol. The second-order valence-corrected chi connectivity index (χ2v) is 18.0. The van der Waals surface area contributed by atoms with Crippen LogP contribution in [0.5, 0.6) is 0 Å². The number of ether oxygens (including phenoxy) is 5. The number of allylic oxidation sites excluding steroid dienone is 12. The molecule has 0 aromatic rings. The molecule has 3 rings (SSSR count). The summed E-state index contributed by atoms with van der Waals surface area (Å²) in [5.74, 6) is -5.90. The molecular weight excluding hydrogens is 875 g/mol. The molecule has 0 amide bonds. The molecule has 2 bridgehead atoms. The minimum absolute atomic E-state index is 0.0345. The van der Waals surface area contributed by atoms with Gasteiger partial charge in [0, 0.05) is 37.5 Å². The number of hydrogen-bond donors (Lipinski definition) is 11. The van der Waals surface area contributed by atoms with E-state index in [1.165, 1.54) is 0 Å². The maximum atomic E-state index is 13.3. The standard InChI is InChI=1S/C49H77NO17/c1-6-63-47(61)42-39(56)28-49(62)27-35(53)24-38(55)37(54)22-21-33(51)23-34(52)25-41(57)64-31(4)30(3)44(58)29(2)19-17-15-13-11-9-7-8-10-12-14-16-18-20-36(26-40(42)67-49)66-48-46(60)43(50)45(59)32(5)65-48/h7-20,29-40,42-46,48,51-56,58-60,62H,6,21-28,50H2,1-5H3/b8-7+,11-9+,12-10+,15-13+,16-14+,19-17+,20-18+/t29-,30-,31-,32+,33+,34+,35-,36-,37+,38+,39-,40?,42+,43-,44+,45+,46+,48?,49+/m0/s1. The van der Waals surface area contributed by atoms with E-state index in [1.807, 2.05) is 37.3 Å². The Labute approximate surface area is 394 Å². The number of hydrogen-bond acceptors (Lipinski definition) is 18. The first kappa shape index (κ1) is 57.9. The first-order valence-corrected chi connectivity index (χ1v) is 23.3. The average Bonchev–Trinajstić information content (AvgIpc) is 3.25. The van der Waals surface area contributed by atoms with Gasteiger partial charge >= 0.3 is 11.9 Å². The summed E-state index contributed by atoms with van der Waals surface area (Å²) >= 11 is 0. The molecule has 67 heavy (non-hydrogen) atoms. The molecule has 3 aliphatic rings. The zero-order valence-corrected chi connectivity index (χ0v) is 39.2. The van der Waals surface area contributed by atoms with E-state index in [0.29, 0.717) is 0 Å². The predicted octanol–water partition coefficient (Wildman–Crippen LogP) is 1.19. The maximum absolute atomic E-state index is 13.3. The van der Waals surface area contributed by atoms with Crippen molar-refractivity contribution in [1.82, 2.24) is 0 Å². The van der Waals surface area contributed by atoms with Crippen LogP contribution in [-0.2, 0) is 33.3 Å². The Hall–Kier alpha value is -3.44. The summed E-state index contributed by atoms with van der Waals surface area (Å²) in [4.78, 5) is 25.9. The summed E-state index contributed by atoms with van der Waals surface area (Å²) in [6.45, 7) is 8.33. The van der Waals surface area contributed by atoms with Crippen LogP contribution in [0.25, 0.3) is 0 Å². The molecule has 0 aromatic heterocycles. The van der Waals surface area contributed by atoms with E-state index in [4.69, 9.17) is 29.4 Å². The van der Waals surface area contributed by atoms with Gasteiger partial charge in [0.05, 0.1) is 86.2 Å². The van der Waals surface area contributed by atoms with Gasteiger partial charge in [0.15, 0.2) is 12.1 Å². The van der Waals surface area contributed by atoms with E-state index in [-0.39, 0.29) is 38.2 Å². The van der Waals surface area contributed by atoms with Crippen LogP contribution in [0.3, 0.4) is 0 Å². The number of esters is 2. The molecule has 2 unspecified atom stereocenters. The van der Waals surface area contributed by atoms with E-state index in [0.717, 1.165) is 0 Å². The van der Waals surface area contributed by atoms with Crippen LogP contribution in [0.1, 0.15) is 86.0 Å². The predicted molar refractivity (Wildman–Crippen MR) is 246 cm³/mol. The molecule has 19 atom stereocenters. The number of aliphatic hydroxyl groups is 10. The van der Waals surface area contributed by atoms with Crippen molar-refractivity contribution in [3.05, 3.63) is 85.1 Å². The Morgan fingerprint density at radius 2 is 1.27 bits per heavy atom. The fraction of sp³-hybridized carbons (Fsp3) is 0.673. The Balaban J connectivity index is 1.90. The maximum Gasteiger partial charge on any atom is 0.314 e. The summed E-state index contributed by atoms with van der Waals surface area (Å²) in [7, 11) is 0. The second-order valence-electron chi connectivity index (χ2n) is 18.0. The van der Waals surface area contributed by atoms with Gasteiger partial charge < -0.3 is 80.5 Å². The van der Waals surface area contributed by atoms with Crippen LogP contribution < -0.4 is 5.73 Å². The summed E-state index contributed by atoms with van der Waals surface area (Å²) < 4.78 is 28.8. The van der Waals surface area contributed by atoms with Gasteiger partial charge in [0.1, 0.15) is 18.1 Å². The Morgan fingerprint density at radius 3 is 1.87 bits per heavy atom. The molecule has 12 N–H and O–H groups in total. The van der Waals surface area contributed by atoms with Crippen LogP contribution in [-0.4, -0.2) is 167 Å². The van der Waals surface area contributed by atoms with Gasteiger partial charge in [-0.15, -0.1) is 0 Å². The van der Waals surface area contributed by atoms with Gasteiger partial charge in [-0.05, 0) is 40.0 Å². The third-order valence-electron chi connectivity index (χ3n) is 12.3. The lowest BCUT2D eigenvalue weighted by Crippen LogP contribution is -2.61. The molecule has 0 radical (unpaired) electrons. The van der Waals surface area contributed by atoms with Gasteiger partial charge in [-0.1, -0.05) is 98.9 Å². The quantitative estimate of drug-likeness (QED) is 0.176. The first-order chi connectivity index (χ1) is 31.7. The first-order valence-electron chi connectivity index (χ1n) is 23.3. The van der Waals surface area contributed by atoms with Gasteiger partial charge in [-0.2, -0.15) is 0 Å². The number of rotatable bonds is 4. The highest BCUT2D eigenvalue weighted by molar-refractivity contribution is 5.74.